The van der Waals surface area contributed by atoms with E-state index in [0.717, 1.165) is 32.3 Å². The van der Waals surface area contributed by atoms with E-state index in [2.05, 4.69) is 21.3 Å². The number of nitrogens with zero attached hydrogens (tertiary/aromatic N) is 6. The number of rotatable bonds is 36. The third kappa shape index (κ3) is 23.4. The molecule has 3 aliphatic heterocycles. The molecule has 9 atom stereocenters. The number of unbranched alkanes of at least 4 members (excludes halogenated alkanes) is 1. The van der Waals surface area contributed by atoms with Gasteiger partial charge in [0.2, 0.25) is 47.3 Å². The van der Waals surface area contributed by atoms with Crippen LogP contribution in [0.5, 0.6) is 0 Å². The van der Waals surface area contributed by atoms with Crippen LogP contribution in [0.4, 0.5) is 4.79 Å². The lowest BCUT2D eigenvalue weighted by molar-refractivity contribution is -0.144. The van der Waals surface area contributed by atoms with E-state index >= 15 is 0 Å². The van der Waals surface area contributed by atoms with Crippen molar-refractivity contribution in [3.05, 3.63) is 51.5 Å². The largest absolute Gasteiger partial charge is 0.465 e. The highest BCUT2D eigenvalue weighted by molar-refractivity contribution is 8.17. The van der Waals surface area contributed by atoms with Crippen LogP contribution < -0.4 is 21.3 Å². The van der Waals surface area contributed by atoms with Crippen LogP contribution in [0.25, 0.3) is 0 Å². The fraction of sp³-hybridized carbons (Fsp3) is 0.677. The van der Waals surface area contributed by atoms with Gasteiger partial charge < -0.3 is 50.4 Å². The molecule has 0 radical (unpaired) electrons. The van der Waals surface area contributed by atoms with Crippen LogP contribution in [-0.2, 0) is 68.6 Å². The Balaban J connectivity index is 1.32. The number of hydrogen-bond donors (Lipinski definition) is 5. The number of thioether (sulfide) groups is 2. The summed E-state index contributed by atoms with van der Waals surface area (Å²) < 4.78 is 16.8. The average molecular weight is 1370 g/mol. The van der Waals surface area contributed by atoms with Crippen LogP contribution in [-0.4, -0.2) is 232 Å². The number of carbonyl (C=O) groups is 12. The summed E-state index contributed by atoms with van der Waals surface area (Å²) in [5.74, 6) is -5.06. The number of likely N-dealkylation sites (N-methyl/N-ethyl adjacent to an activating group) is 1. The normalized spacial score (nSPS) is 18.6. The minimum absolute atomic E-state index is 0.00808. The minimum atomic E-state index is -1.21. The highest BCUT2D eigenvalue weighted by atomic mass is 32.2. The number of aliphatic hydroxyl groups excluding tert-OH is 1. The molecule has 3 aliphatic rings. The number of aliphatic hydroxyl groups is 1. The van der Waals surface area contributed by atoms with E-state index in [-0.39, 0.29) is 175 Å². The van der Waals surface area contributed by atoms with Crippen LogP contribution in [0.2, 0.25) is 0 Å². The Morgan fingerprint density at radius 1 is 0.830 bits per heavy atom. The number of amides is 10. The maximum atomic E-state index is 14.8. The van der Waals surface area contributed by atoms with Crippen LogP contribution in [0.3, 0.4) is 0 Å². The van der Waals surface area contributed by atoms with Crippen molar-refractivity contribution < 1.29 is 76.9 Å². The molecular formula is C65H98N10O16S3. The molecular weight excluding hydrogens is 1270 g/mol. The van der Waals surface area contributed by atoms with Crippen molar-refractivity contribution in [1.82, 2.24) is 50.8 Å². The van der Waals surface area contributed by atoms with Gasteiger partial charge in [-0.1, -0.05) is 63.9 Å². The van der Waals surface area contributed by atoms with Crippen molar-refractivity contribution in [1.29, 1.82) is 0 Å². The summed E-state index contributed by atoms with van der Waals surface area (Å²) in [4.78, 5) is 173. The zero-order valence-electron chi connectivity index (χ0n) is 56.3. The van der Waals surface area contributed by atoms with Crippen molar-refractivity contribution in [3.63, 3.8) is 0 Å². The highest BCUT2D eigenvalue weighted by Crippen LogP contribution is 2.35. The molecule has 2 aromatic rings. The molecule has 3 saturated heterocycles. The van der Waals surface area contributed by atoms with Crippen molar-refractivity contribution >= 4 is 106 Å². The number of aryl methyl sites for hydroxylation is 1. The van der Waals surface area contributed by atoms with E-state index in [4.69, 9.17) is 19.2 Å². The van der Waals surface area contributed by atoms with Gasteiger partial charge in [-0.2, -0.15) is 0 Å². The summed E-state index contributed by atoms with van der Waals surface area (Å²) >= 11 is 3.56. The summed E-state index contributed by atoms with van der Waals surface area (Å²) in [5, 5.41) is 21.4. The molecule has 5 N–H and O–H groups in total. The summed E-state index contributed by atoms with van der Waals surface area (Å²) in [6.07, 6.45) is -1.39. The van der Waals surface area contributed by atoms with Gasteiger partial charge in [-0.15, -0.1) is 34.9 Å². The second-order valence-electron chi connectivity index (χ2n) is 25.3. The van der Waals surface area contributed by atoms with Crippen LogP contribution >= 0.6 is 34.9 Å². The first kappa shape index (κ1) is 78.2. The first-order chi connectivity index (χ1) is 44.6. The van der Waals surface area contributed by atoms with Crippen molar-refractivity contribution in [2.45, 2.75) is 179 Å². The Bertz CT molecular complexity index is 2890. The fourth-order valence-corrected chi connectivity index (χ4v) is 14.6. The number of thiazole rings is 1. The molecule has 1 aromatic heterocycles. The molecule has 4 bridgehead atoms. The van der Waals surface area contributed by atoms with Gasteiger partial charge in [-0.05, 0) is 84.9 Å². The quantitative estimate of drug-likeness (QED) is 0.0358. The number of ketones is 1. The van der Waals surface area contributed by atoms with Crippen LogP contribution in [0, 0.1) is 24.7 Å². The topological polar surface area (TPSA) is 330 Å². The van der Waals surface area contributed by atoms with Crippen molar-refractivity contribution in [2.24, 2.45) is 17.8 Å². The first-order valence-corrected chi connectivity index (χ1v) is 35.4. The van der Waals surface area contributed by atoms with E-state index in [0.29, 0.717) is 30.8 Å². The zero-order chi connectivity index (χ0) is 69.4. The molecule has 3 fully saturated rings. The van der Waals surface area contributed by atoms with Gasteiger partial charge in [-0.25, -0.2) is 9.78 Å². The Morgan fingerprint density at radius 2 is 1.47 bits per heavy atom. The van der Waals surface area contributed by atoms with Crippen LogP contribution in [0.1, 0.15) is 152 Å². The van der Waals surface area contributed by atoms with Crippen molar-refractivity contribution in [2.75, 3.05) is 85.3 Å². The molecule has 1 aromatic carbocycles. The van der Waals surface area contributed by atoms with Gasteiger partial charge in [0.15, 0.2) is 11.9 Å². The number of aromatic nitrogens is 1. The monoisotopic (exact) mass is 1370 g/mol. The Hall–Kier alpha value is -6.53. The molecule has 29 heteroatoms. The van der Waals surface area contributed by atoms with Gasteiger partial charge in [0.1, 0.15) is 22.8 Å². The van der Waals surface area contributed by atoms with Crippen molar-refractivity contribution in [3.8, 4) is 0 Å². The number of Topliss-reactive ketones (excluding diaryl/α,β-unsaturated/α-hetero) is 1. The number of benzene rings is 1. The molecule has 5 rings (SSSR count). The van der Waals surface area contributed by atoms with E-state index in [1.165, 1.54) is 33.8 Å². The van der Waals surface area contributed by atoms with Crippen LogP contribution in [0.15, 0.2) is 29.6 Å². The summed E-state index contributed by atoms with van der Waals surface area (Å²) in [6, 6.07) is 5.48. The van der Waals surface area contributed by atoms with E-state index in [9.17, 15) is 62.6 Å². The van der Waals surface area contributed by atoms with Gasteiger partial charge in [0, 0.05) is 120 Å². The van der Waals surface area contributed by atoms with Gasteiger partial charge >= 0.3 is 6.09 Å². The smallest absolute Gasteiger partial charge is 0.408 e. The number of fused-ring (bicyclic) bond motifs is 4. The molecule has 5 unspecified atom stereocenters. The van der Waals surface area contributed by atoms with E-state index in [1.807, 2.05) is 91.7 Å². The van der Waals surface area contributed by atoms with Gasteiger partial charge in [0.25, 0.3) is 12.4 Å². The fourth-order valence-electron chi connectivity index (χ4n) is 11.1. The van der Waals surface area contributed by atoms with Gasteiger partial charge in [0.05, 0.1) is 35.9 Å². The molecule has 522 valence electrons. The molecule has 0 spiro atoms. The molecule has 4 heterocycles. The number of hydrogen-bond acceptors (Lipinski definition) is 21. The van der Waals surface area contributed by atoms with E-state index < -0.39 is 82.0 Å². The standard InChI is InChI=1S/C65H98N10O16S3/c1-12-42(5)46(33-53(78)65(7,8)71(9)10)61(85)72(11)49(40(2)3)34-50(60-69-48(37-92-60)59(84)68-45(31-43(6)90-38-77)32-44-18-16-41(4)17-19-44)91-64(88)70-47(58(83)67-23-29-89-30-28-76)15-13-14-22-66-54(79)20-21-55(80)73-24-26-74-56(81)35-51(62(74)86)93-39-94-52-36-57(82)75(27-25-73)63(52)87/h16-19,37-38,40,42-43,45-47,49-52,76H,12-15,20-36,39H2,1-11H3,(H,66,79)(H,67,83)(H,68,84)(H,70,88)/t42?,43?,45-,46+,47?,49-,50-,51?,52?/m1/s1. The number of imide groups is 2. The Kier molecular flexibility index (Phi) is 31.8. The maximum Gasteiger partial charge on any atom is 0.408 e. The number of nitrogens with one attached hydrogen (secondary N) is 4. The predicted molar refractivity (Wildman–Crippen MR) is 356 cm³/mol. The lowest BCUT2D eigenvalue weighted by Gasteiger charge is -2.38. The molecule has 0 aliphatic carbocycles. The summed E-state index contributed by atoms with van der Waals surface area (Å²) in [6.45, 7) is 15.1. The second-order valence-corrected chi connectivity index (χ2v) is 29.0. The first-order valence-electron chi connectivity index (χ1n) is 32.4. The molecule has 26 nitrogen and oxygen atoms in total. The molecule has 0 saturated carbocycles. The third-order valence-corrected chi connectivity index (χ3v) is 21.3. The summed E-state index contributed by atoms with van der Waals surface area (Å²) in [7, 11) is 5.28. The Morgan fingerprint density at radius 3 is 2.05 bits per heavy atom. The number of ether oxygens (including phenoxy) is 3. The lowest BCUT2D eigenvalue weighted by atomic mass is 9.81. The minimum Gasteiger partial charge on any atom is -0.465 e. The SMILES string of the molecule is CCC(C)[C@H](CC(=O)C(C)(C)N(C)C)C(=O)N(C)[C@H](C[C@@H](OC(=O)NC(CCCCNC(=O)CCC(=O)N1CCN2C(=O)CC(SCSC3CC(=O)N(CC1)C3=O)C2=O)C(=O)NCCOCCO)c1nc(C(=O)N[C@@H](Cc2ccc(C)cc2)CC(C)OC=O)cs1)C(C)C. The number of alkyl carbamates (subject to hydrolysis) is 1. The Labute approximate surface area is 564 Å². The van der Waals surface area contributed by atoms with Gasteiger partial charge in [-0.3, -0.25) is 67.4 Å². The summed E-state index contributed by atoms with van der Waals surface area (Å²) in [5.41, 5.74) is 1.14. The third-order valence-electron chi connectivity index (χ3n) is 17.7. The molecule has 94 heavy (non-hydrogen) atoms. The highest BCUT2D eigenvalue weighted by Gasteiger charge is 2.44. The average Bonchev–Trinajstić information content (AvgIpc) is 1.43. The maximum absolute atomic E-state index is 14.8. The zero-order valence-corrected chi connectivity index (χ0v) is 58.7. The predicted octanol–water partition coefficient (Wildman–Crippen LogP) is 4.43. The second kappa shape index (κ2) is 38.3. The lowest BCUT2D eigenvalue weighted by Crippen LogP contribution is -2.50. The van der Waals surface area contributed by atoms with E-state index in [1.54, 1.807) is 18.9 Å². The number of carbonyl (C=O) groups excluding carboxylic acids is 12. The molecule has 10 amide bonds.